The van der Waals surface area contributed by atoms with Gasteiger partial charge in [-0.1, -0.05) is 11.3 Å². The zero-order valence-electron chi connectivity index (χ0n) is 14.8. The van der Waals surface area contributed by atoms with Gasteiger partial charge in [0.2, 0.25) is 15.9 Å². The Morgan fingerprint density at radius 3 is 2.78 bits per heavy atom. The number of carbonyl (C=O) groups excluding carboxylic acids is 1. The molecule has 1 aliphatic rings. The summed E-state index contributed by atoms with van der Waals surface area (Å²) in [6.45, 7) is 2.33. The number of aromatic nitrogens is 1. The first-order valence-corrected chi connectivity index (χ1v) is 10.7. The molecule has 1 amide bonds. The van der Waals surface area contributed by atoms with Crippen LogP contribution in [0.3, 0.4) is 0 Å². The summed E-state index contributed by atoms with van der Waals surface area (Å²) in [7, 11) is -2.21. The van der Waals surface area contributed by atoms with Crippen LogP contribution in [0.5, 0.6) is 0 Å². The summed E-state index contributed by atoms with van der Waals surface area (Å²) < 4.78 is 39.0. The minimum Gasteiger partial charge on any atom is -0.383 e. The van der Waals surface area contributed by atoms with E-state index in [2.05, 4.69) is 4.72 Å². The molecule has 0 spiro atoms. The van der Waals surface area contributed by atoms with Gasteiger partial charge in [-0.3, -0.25) is 14.2 Å². The molecule has 1 aromatic carbocycles. The summed E-state index contributed by atoms with van der Waals surface area (Å²) in [6.07, 6.45) is 0. The van der Waals surface area contributed by atoms with Gasteiger partial charge in [-0.05, 0) is 18.2 Å². The molecule has 2 heterocycles. The number of carbonyl (C=O) groups is 1. The summed E-state index contributed by atoms with van der Waals surface area (Å²) in [4.78, 5) is 26.2. The molecular formula is C16H21N3O6S2. The number of fused-ring (bicyclic) bond motifs is 1. The first kappa shape index (κ1) is 20.0. The van der Waals surface area contributed by atoms with Gasteiger partial charge in [-0.15, -0.1) is 0 Å². The van der Waals surface area contributed by atoms with Crippen molar-refractivity contribution in [1.82, 2.24) is 14.2 Å². The average Bonchev–Trinajstić information content (AvgIpc) is 2.97. The predicted molar refractivity (Wildman–Crippen MR) is 101 cm³/mol. The fourth-order valence-corrected chi connectivity index (χ4v) is 4.82. The number of nitrogens with zero attached hydrogens (tertiary/aromatic N) is 2. The summed E-state index contributed by atoms with van der Waals surface area (Å²) in [5.41, 5.74) is 0.544. The number of thiazole rings is 1. The first-order valence-electron chi connectivity index (χ1n) is 8.40. The third-order valence-electron chi connectivity index (χ3n) is 4.21. The predicted octanol–water partition coefficient (Wildman–Crippen LogP) is -0.153. The molecule has 1 fully saturated rings. The summed E-state index contributed by atoms with van der Waals surface area (Å²) >= 11 is 0.921. The molecule has 9 nitrogen and oxygen atoms in total. The van der Waals surface area contributed by atoms with Crippen molar-refractivity contribution in [3.05, 3.63) is 27.9 Å². The molecule has 11 heteroatoms. The molecule has 0 bridgehead atoms. The number of nitrogens with one attached hydrogen (secondary N) is 1. The quantitative estimate of drug-likeness (QED) is 0.630. The second-order valence-corrected chi connectivity index (χ2v) is 8.73. The van der Waals surface area contributed by atoms with Crippen molar-refractivity contribution < 1.29 is 22.7 Å². The number of hydrogen-bond donors (Lipinski definition) is 1. The van der Waals surface area contributed by atoms with E-state index in [9.17, 15) is 18.0 Å². The lowest BCUT2D eigenvalue weighted by Crippen LogP contribution is -2.43. The Bertz CT molecular complexity index is 976. The Kier molecular flexibility index (Phi) is 6.27. The maximum Gasteiger partial charge on any atom is 0.308 e. The number of sulfonamides is 1. The van der Waals surface area contributed by atoms with Gasteiger partial charge in [0, 0.05) is 26.7 Å². The molecule has 1 saturated heterocycles. The highest BCUT2D eigenvalue weighted by Gasteiger charge is 2.21. The van der Waals surface area contributed by atoms with E-state index in [0.717, 1.165) is 11.3 Å². The number of amides is 1. The highest BCUT2D eigenvalue weighted by Crippen LogP contribution is 2.22. The Hall–Kier alpha value is -1.79. The summed E-state index contributed by atoms with van der Waals surface area (Å²) in [5.74, 6) is -0.155. The van der Waals surface area contributed by atoms with Crippen LogP contribution in [0.1, 0.15) is 0 Å². The largest absolute Gasteiger partial charge is 0.383 e. The van der Waals surface area contributed by atoms with Crippen LogP contribution in [0.15, 0.2) is 27.9 Å². The molecule has 0 aliphatic carbocycles. The van der Waals surface area contributed by atoms with E-state index >= 15 is 0 Å². The highest BCUT2D eigenvalue weighted by atomic mass is 32.2. The summed E-state index contributed by atoms with van der Waals surface area (Å²) in [6, 6.07) is 4.44. The van der Waals surface area contributed by atoms with E-state index in [4.69, 9.17) is 9.47 Å². The van der Waals surface area contributed by atoms with Gasteiger partial charge in [-0.2, -0.15) is 0 Å². The fraction of sp³-hybridized carbons (Fsp3) is 0.500. The van der Waals surface area contributed by atoms with Crippen LogP contribution >= 0.6 is 11.3 Å². The van der Waals surface area contributed by atoms with Crippen molar-refractivity contribution in [3.63, 3.8) is 0 Å². The normalized spacial score (nSPS) is 15.4. The van der Waals surface area contributed by atoms with E-state index in [1.807, 2.05) is 0 Å². The zero-order chi connectivity index (χ0) is 19.4. The van der Waals surface area contributed by atoms with Gasteiger partial charge in [0.15, 0.2) is 0 Å². The lowest BCUT2D eigenvalue weighted by molar-refractivity contribution is -0.135. The number of ether oxygens (including phenoxy) is 2. The third-order valence-corrected chi connectivity index (χ3v) is 6.61. The first-order chi connectivity index (χ1) is 12.9. The number of methoxy groups -OCH3 is 1. The van der Waals surface area contributed by atoms with E-state index in [1.165, 1.54) is 23.8 Å². The van der Waals surface area contributed by atoms with Crippen LogP contribution in [0.2, 0.25) is 0 Å². The van der Waals surface area contributed by atoms with E-state index in [0.29, 0.717) is 36.5 Å². The lowest BCUT2D eigenvalue weighted by Gasteiger charge is -2.26. The van der Waals surface area contributed by atoms with Gasteiger partial charge < -0.3 is 14.4 Å². The maximum absolute atomic E-state index is 12.4. The Labute approximate surface area is 160 Å². The van der Waals surface area contributed by atoms with Gasteiger partial charge >= 0.3 is 4.87 Å². The second-order valence-electron chi connectivity index (χ2n) is 5.97. The Balaban J connectivity index is 1.83. The molecule has 1 aliphatic heterocycles. The standard InChI is InChI=1S/C16H21N3O6S2/c1-24-7-4-17-27(22,23)12-2-3-13-14(10-12)26-16(21)19(13)11-15(20)18-5-8-25-9-6-18/h2-3,10,17H,4-9,11H2,1H3. The zero-order valence-corrected chi connectivity index (χ0v) is 16.5. The van der Waals surface area contributed by atoms with Crippen molar-refractivity contribution in [1.29, 1.82) is 0 Å². The van der Waals surface area contributed by atoms with Crippen molar-refractivity contribution in [2.24, 2.45) is 0 Å². The Morgan fingerprint density at radius 1 is 1.33 bits per heavy atom. The molecule has 27 heavy (non-hydrogen) atoms. The van der Waals surface area contributed by atoms with Crippen molar-refractivity contribution >= 4 is 37.5 Å². The van der Waals surface area contributed by atoms with E-state index in [-0.39, 0.29) is 35.4 Å². The van der Waals surface area contributed by atoms with Crippen LogP contribution in [0, 0.1) is 0 Å². The second kappa shape index (κ2) is 8.48. The smallest absolute Gasteiger partial charge is 0.308 e. The molecule has 0 unspecified atom stereocenters. The summed E-state index contributed by atoms with van der Waals surface area (Å²) in [5, 5.41) is 0. The molecule has 1 aromatic heterocycles. The molecule has 0 radical (unpaired) electrons. The van der Waals surface area contributed by atoms with Gasteiger partial charge in [-0.25, -0.2) is 13.1 Å². The molecule has 0 atom stereocenters. The van der Waals surface area contributed by atoms with Gasteiger partial charge in [0.1, 0.15) is 6.54 Å². The third kappa shape index (κ3) is 4.55. The van der Waals surface area contributed by atoms with Crippen molar-refractivity contribution in [3.8, 4) is 0 Å². The number of morpholine rings is 1. The van der Waals surface area contributed by atoms with Crippen LogP contribution < -0.4 is 9.60 Å². The highest BCUT2D eigenvalue weighted by molar-refractivity contribution is 7.89. The fourth-order valence-electron chi connectivity index (χ4n) is 2.77. The van der Waals surface area contributed by atoms with Crippen LogP contribution in [-0.4, -0.2) is 70.4 Å². The molecular weight excluding hydrogens is 394 g/mol. The Morgan fingerprint density at radius 2 is 2.07 bits per heavy atom. The van der Waals surface area contributed by atoms with Crippen molar-refractivity contribution in [2.45, 2.75) is 11.4 Å². The lowest BCUT2D eigenvalue weighted by atomic mass is 10.3. The van der Waals surface area contributed by atoms with Crippen LogP contribution in [-0.2, 0) is 30.8 Å². The van der Waals surface area contributed by atoms with Crippen molar-refractivity contribution in [2.75, 3.05) is 46.6 Å². The van der Waals surface area contributed by atoms with Gasteiger partial charge in [0.05, 0.1) is 34.9 Å². The van der Waals surface area contributed by atoms with E-state index in [1.54, 1.807) is 11.0 Å². The van der Waals surface area contributed by atoms with Crippen LogP contribution in [0.4, 0.5) is 0 Å². The molecule has 3 rings (SSSR count). The monoisotopic (exact) mass is 415 g/mol. The molecule has 2 aromatic rings. The number of rotatable bonds is 7. The van der Waals surface area contributed by atoms with Gasteiger partial charge in [0.25, 0.3) is 0 Å². The topological polar surface area (TPSA) is 107 Å². The maximum atomic E-state index is 12.4. The molecule has 1 N–H and O–H groups in total. The SMILES string of the molecule is COCCNS(=O)(=O)c1ccc2c(c1)sc(=O)n2CC(=O)N1CCOCC1. The molecule has 148 valence electrons. The average molecular weight is 415 g/mol. The minimum absolute atomic E-state index is 0.0685. The van der Waals surface area contributed by atoms with Crippen LogP contribution in [0.25, 0.3) is 10.2 Å². The number of hydrogen-bond acceptors (Lipinski definition) is 7. The molecule has 0 saturated carbocycles. The minimum atomic E-state index is -3.69. The number of benzene rings is 1. The van der Waals surface area contributed by atoms with E-state index < -0.39 is 10.0 Å².